The van der Waals surface area contributed by atoms with E-state index in [2.05, 4.69) is 95.4 Å². The molecule has 0 radical (unpaired) electrons. The molecule has 0 N–H and O–H groups in total. The predicted molar refractivity (Wildman–Crippen MR) is 124 cm³/mol. The Morgan fingerprint density at radius 2 is 1.25 bits per heavy atom. The summed E-state index contributed by atoms with van der Waals surface area (Å²) in [6, 6.07) is 29.6. The molecule has 28 heavy (non-hydrogen) atoms. The molecule has 4 heteroatoms. The molecule has 0 fully saturated rings. The van der Waals surface area contributed by atoms with Gasteiger partial charge in [0.05, 0.1) is 10.9 Å². The van der Waals surface area contributed by atoms with Crippen LogP contribution in [0.25, 0.3) is 0 Å². The summed E-state index contributed by atoms with van der Waals surface area (Å²) in [4.78, 5) is 15.9. The van der Waals surface area contributed by atoms with Crippen LogP contribution in [0.15, 0.2) is 99.6 Å². The Bertz CT molecular complexity index is 867. The molecule has 0 saturated heterocycles. The first-order valence-corrected chi connectivity index (χ1v) is 11.7. The van der Waals surface area contributed by atoms with E-state index in [9.17, 15) is 4.79 Å². The van der Waals surface area contributed by atoms with E-state index in [0.29, 0.717) is 0 Å². The van der Waals surface area contributed by atoms with Crippen LogP contribution in [0.2, 0.25) is 0 Å². The van der Waals surface area contributed by atoms with Gasteiger partial charge >= 0.3 is 5.97 Å². The lowest BCUT2D eigenvalue weighted by molar-refractivity contribution is -0.155. The average molecular weight is 503 g/mol. The van der Waals surface area contributed by atoms with Crippen molar-refractivity contribution in [1.29, 1.82) is 0 Å². The first kappa shape index (κ1) is 20.9. The molecule has 2 nitrogen and oxygen atoms in total. The lowest BCUT2D eigenvalue weighted by Gasteiger charge is -2.26. The van der Waals surface area contributed by atoms with Gasteiger partial charge in [-0.3, -0.25) is 4.79 Å². The third kappa shape index (κ3) is 4.97. The molecule has 1 atom stereocenters. The molecule has 144 valence electrons. The fraction of sp³-hybridized carbons (Fsp3) is 0.208. The minimum Gasteiger partial charge on any atom is -0.454 e. The Hall–Kier alpha value is -1.79. The number of hydrogen-bond donors (Lipinski definition) is 0. The minimum atomic E-state index is -0.660. The molecule has 3 aromatic carbocycles. The van der Waals surface area contributed by atoms with E-state index in [1.54, 1.807) is 0 Å². The highest BCUT2D eigenvalue weighted by Gasteiger charge is 2.31. The van der Waals surface area contributed by atoms with Gasteiger partial charge in [0.1, 0.15) is 9.53 Å². The molecule has 0 heterocycles. The molecule has 0 saturated carbocycles. The van der Waals surface area contributed by atoms with Crippen LogP contribution in [0.4, 0.5) is 0 Å². The SMILES string of the molecule is CC(I)C(=O)OC(C)(C)c1ccc([S+](c2ccccc2)c2ccccc2)cc1. The van der Waals surface area contributed by atoms with Crippen molar-refractivity contribution in [2.75, 3.05) is 0 Å². The van der Waals surface area contributed by atoms with Crippen LogP contribution in [-0.2, 0) is 26.0 Å². The van der Waals surface area contributed by atoms with Crippen molar-refractivity contribution >= 4 is 39.5 Å². The summed E-state index contributed by atoms with van der Waals surface area (Å²) in [7, 11) is -0.177. The van der Waals surface area contributed by atoms with E-state index in [0.717, 1.165) is 5.56 Å². The highest BCUT2D eigenvalue weighted by atomic mass is 127. The van der Waals surface area contributed by atoms with Crippen LogP contribution in [0, 0.1) is 0 Å². The van der Waals surface area contributed by atoms with Gasteiger partial charge in [0.25, 0.3) is 0 Å². The van der Waals surface area contributed by atoms with E-state index in [1.165, 1.54) is 14.7 Å². The van der Waals surface area contributed by atoms with Crippen molar-refractivity contribution in [2.24, 2.45) is 0 Å². The van der Waals surface area contributed by atoms with E-state index >= 15 is 0 Å². The number of carbonyl (C=O) groups is 1. The van der Waals surface area contributed by atoms with Crippen molar-refractivity contribution in [2.45, 2.75) is 45.0 Å². The average Bonchev–Trinajstić information content (AvgIpc) is 2.70. The molecule has 3 aromatic rings. The number of rotatable bonds is 6. The predicted octanol–water partition coefficient (Wildman–Crippen LogP) is 6.38. The van der Waals surface area contributed by atoms with E-state index in [4.69, 9.17) is 4.74 Å². The summed E-state index contributed by atoms with van der Waals surface area (Å²) >= 11 is 2.08. The lowest BCUT2D eigenvalue weighted by Crippen LogP contribution is -2.28. The number of esters is 1. The minimum absolute atomic E-state index is 0.168. The normalized spacial score (nSPS) is 12.6. The van der Waals surface area contributed by atoms with Crippen LogP contribution < -0.4 is 0 Å². The zero-order chi connectivity index (χ0) is 20.1. The fourth-order valence-electron chi connectivity index (χ4n) is 2.91. The molecule has 0 spiro atoms. The maximum Gasteiger partial charge on any atom is 0.319 e. The van der Waals surface area contributed by atoms with Crippen molar-refractivity contribution in [3.05, 3.63) is 90.5 Å². The Labute approximate surface area is 183 Å². The molecule has 0 aliphatic carbocycles. The monoisotopic (exact) mass is 503 g/mol. The third-order valence-corrected chi connectivity index (χ3v) is 7.16. The standard InChI is InChI=1S/C24H24IO2S/c1-18(25)23(26)27-24(2,3)19-14-16-22(17-15-19)28(20-10-6-4-7-11-20)21-12-8-5-9-13-21/h4-18H,1-3H3/q+1. The summed E-state index contributed by atoms with van der Waals surface area (Å²) in [5, 5.41) is 0. The number of ether oxygens (including phenoxy) is 1. The second kappa shape index (κ2) is 9.14. The molecule has 0 amide bonds. The second-order valence-corrected chi connectivity index (χ2v) is 10.9. The van der Waals surface area contributed by atoms with E-state index in [1.807, 2.05) is 32.9 Å². The third-order valence-electron chi connectivity index (χ3n) is 4.42. The van der Waals surface area contributed by atoms with Crippen LogP contribution in [0.1, 0.15) is 26.3 Å². The summed E-state index contributed by atoms with van der Waals surface area (Å²) in [5.74, 6) is -0.192. The van der Waals surface area contributed by atoms with Gasteiger partial charge in [0.2, 0.25) is 0 Å². The Balaban J connectivity index is 1.94. The van der Waals surface area contributed by atoms with Crippen LogP contribution in [0.3, 0.4) is 0 Å². The zero-order valence-corrected chi connectivity index (χ0v) is 19.2. The number of carbonyl (C=O) groups excluding carboxylic acids is 1. The number of benzene rings is 3. The summed E-state index contributed by atoms with van der Waals surface area (Å²) in [6.07, 6.45) is 0. The maximum atomic E-state index is 12.0. The Kier molecular flexibility index (Phi) is 6.83. The number of halogens is 1. The molecule has 3 rings (SSSR count). The number of alkyl halides is 1. The smallest absolute Gasteiger partial charge is 0.319 e. The molecular weight excluding hydrogens is 479 g/mol. The lowest BCUT2D eigenvalue weighted by atomic mass is 9.98. The van der Waals surface area contributed by atoms with Gasteiger partial charge in [0, 0.05) is 0 Å². The Morgan fingerprint density at radius 3 is 1.68 bits per heavy atom. The molecule has 0 aliphatic rings. The van der Waals surface area contributed by atoms with Crippen LogP contribution in [-0.4, -0.2) is 9.89 Å². The molecule has 1 unspecified atom stereocenters. The fourth-order valence-corrected chi connectivity index (χ4v) is 5.12. The van der Waals surface area contributed by atoms with Gasteiger partial charge in [-0.15, -0.1) is 0 Å². The van der Waals surface area contributed by atoms with Crippen LogP contribution in [0.5, 0.6) is 0 Å². The molecule has 0 aliphatic heterocycles. The maximum absolute atomic E-state index is 12.0. The molecule has 0 aromatic heterocycles. The topological polar surface area (TPSA) is 26.3 Å². The van der Waals surface area contributed by atoms with Crippen LogP contribution >= 0.6 is 22.6 Å². The van der Waals surface area contributed by atoms with Gasteiger partial charge in [-0.05, 0) is 62.7 Å². The summed E-state index contributed by atoms with van der Waals surface area (Å²) < 4.78 is 5.54. The highest BCUT2D eigenvalue weighted by Crippen LogP contribution is 2.33. The number of hydrogen-bond acceptors (Lipinski definition) is 2. The zero-order valence-electron chi connectivity index (χ0n) is 16.3. The van der Waals surface area contributed by atoms with E-state index < -0.39 is 5.60 Å². The van der Waals surface area contributed by atoms with Gasteiger partial charge in [-0.2, -0.15) is 0 Å². The second-order valence-electron chi connectivity index (χ2n) is 7.00. The van der Waals surface area contributed by atoms with Crippen molar-refractivity contribution in [3.8, 4) is 0 Å². The quantitative estimate of drug-likeness (QED) is 0.169. The van der Waals surface area contributed by atoms with Gasteiger partial charge in [0.15, 0.2) is 14.7 Å². The largest absolute Gasteiger partial charge is 0.454 e. The van der Waals surface area contributed by atoms with Crippen molar-refractivity contribution in [3.63, 3.8) is 0 Å². The van der Waals surface area contributed by atoms with Gasteiger partial charge in [-0.25, -0.2) is 0 Å². The van der Waals surface area contributed by atoms with E-state index in [-0.39, 0.29) is 20.8 Å². The van der Waals surface area contributed by atoms with Crippen molar-refractivity contribution < 1.29 is 9.53 Å². The molecular formula is C24H24IO2S+. The molecule has 0 bridgehead atoms. The summed E-state index contributed by atoms with van der Waals surface area (Å²) in [6.45, 7) is 5.72. The Morgan fingerprint density at radius 1 is 0.821 bits per heavy atom. The van der Waals surface area contributed by atoms with Crippen molar-refractivity contribution in [1.82, 2.24) is 0 Å². The summed E-state index contributed by atoms with van der Waals surface area (Å²) in [5.41, 5.74) is 0.332. The first-order valence-electron chi connectivity index (χ1n) is 9.20. The first-order chi connectivity index (χ1) is 13.4. The van der Waals surface area contributed by atoms with Gasteiger partial charge in [-0.1, -0.05) is 71.1 Å². The van der Waals surface area contributed by atoms with Gasteiger partial charge < -0.3 is 4.74 Å². The highest BCUT2D eigenvalue weighted by molar-refractivity contribution is 14.1.